The van der Waals surface area contributed by atoms with E-state index in [4.69, 9.17) is 0 Å². The minimum atomic E-state index is -0.0542. The summed E-state index contributed by atoms with van der Waals surface area (Å²) in [4.78, 5) is 15.3. The Morgan fingerprint density at radius 1 is 1.19 bits per heavy atom. The van der Waals surface area contributed by atoms with Gasteiger partial charge in [0.05, 0.1) is 11.7 Å². The second kappa shape index (κ2) is 4.56. The standard InChI is InChI=1S/C16H13N3OS/c1-19-15(11-8-5-9-21-11)12-13(10-6-3-2-4-7-10)17-18-14(12)16(19)20/h2-9,15H,1H3,(H,17,18)/t15-/m1/s1. The highest BCUT2D eigenvalue weighted by molar-refractivity contribution is 7.10. The fourth-order valence-corrected chi connectivity index (χ4v) is 3.74. The van der Waals surface area contributed by atoms with Crippen LogP contribution in [0, 0.1) is 0 Å². The summed E-state index contributed by atoms with van der Waals surface area (Å²) in [6.45, 7) is 0. The van der Waals surface area contributed by atoms with E-state index in [1.54, 1.807) is 16.2 Å². The van der Waals surface area contributed by atoms with E-state index in [9.17, 15) is 4.79 Å². The first-order valence-electron chi connectivity index (χ1n) is 6.71. The van der Waals surface area contributed by atoms with Crippen LogP contribution in [0.15, 0.2) is 47.8 Å². The van der Waals surface area contributed by atoms with Gasteiger partial charge in [0.15, 0.2) is 0 Å². The summed E-state index contributed by atoms with van der Waals surface area (Å²) in [7, 11) is 1.84. The Kier molecular flexibility index (Phi) is 2.68. The van der Waals surface area contributed by atoms with Gasteiger partial charge in [-0.25, -0.2) is 0 Å². The monoisotopic (exact) mass is 295 g/mol. The Balaban J connectivity index is 1.93. The van der Waals surface area contributed by atoms with Crippen molar-refractivity contribution in [2.24, 2.45) is 0 Å². The number of thiophene rings is 1. The van der Waals surface area contributed by atoms with Crippen LogP contribution in [0.4, 0.5) is 0 Å². The van der Waals surface area contributed by atoms with Crippen molar-refractivity contribution in [2.75, 3.05) is 7.05 Å². The number of carbonyl (C=O) groups is 1. The lowest BCUT2D eigenvalue weighted by Gasteiger charge is -2.20. The van der Waals surface area contributed by atoms with Crippen LogP contribution in [0.2, 0.25) is 0 Å². The average Bonchev–Trinajstić information content (AvgIpc) is 3.21. The van der Waals surface area contributed by atoms with Gasteiger partial charge in [-0.15, -0.1) is 11.3 Å². The van der Waals surface area contributed by atoms with Crippen molar-refractivity contribution in [3.63, 3.8) is 0 Å². The van der Waals surface area contributed by atoms with Gasteiger partial charge in [0, 0.05) is 23.1 Å². The molecule has 0 spiro atoms. The molecule has 104 valence electrons. The highest BCUT2D eigenvalue weighted by Gasteiger charge is 2.40. The molecule has 5 heteroatoms. The third-order valence-corrected chi connectivity index (χ3v) is 4.78. The van der Waals surface area contributed by atoms with Crippen LogP contribution in [0.25, 0.3) is 11.3 Å². The van der Waals surface area contributed by atoms with E-state index in [0.717, 1.165) is 21.7 Å². The van der Waals surface area contributed by atoms with Gasteiger partial charge in [0.2, 0.25) is 0 Å². The molecule has 0 aliphatic carbocycles. The zero-order valence-electron chi connectivity index (χ0n) is 11.4. The van der Waals surface area contributed by atoms with Crippen LogP contribution in [0.5, 0.6) is 0 Å². The van der Waals surface area contributed by atoms with Crippen molar-refractivity contribution in [3.05, 3.63) is 64.0 Å². The number of aromatic nitrogens is 2. The summed E-state index contributed by atoms with van der Waals surface area (Å²) in [6.07, 6.45) is 0. The van der Waals surface area contributed by atoms with Crippen molar-refractivity contribution < 1.29 is 4.79 Å². The minimum Gasteiger partial charge on any atom is -0.328 e. The quantitative estimate of drug-likeness (QED) is 0.788. The van der Waals surface area contributed by atoms with Gasteiger partial charge in [-0.05, 0) is 11.4 Å². The molecule has 1 aromatic carbocycles. The van der Waals surface area contributed by atoms with Crippen LogP contribution in [-0.2, 0) is 0 Å². The number of hydrogen-bond donors (Lipinski definition) is 1. The predicted molar refractivity (Wildman–Crippen MR) is 82.3 cm³/mol. The lowest BCUT2D eigenvalue weighted by Crippen LogP contribution is -2.24. The maximum Gasteiger partial charge on any atom is 0.272 e. The Morgan fingerprint density at radius 2 is 2.00 bits per heavy atom. The van der Waals surface area contributed by atoms with Crippen molar-refractivity contribution >= 4 is 17.2 Å². The summed E-state index contributed by atoms with van der Waals surface area (Å²) in [5, 5.41) is 9.34. The van der Waals surface area contributed by atoms with Crippen LogP contribution in [0.1, 0.15) is 27.0 Å². The van der Waals surface area contributed by atoms with E-state index in [1.807, 2.05) is 48.8 Å². The Bertz CT molecular complexity index is 792. The fourth-order valence-electron chi connectivity index (χ4n) is 2.86. The first-order valence-corrected chi connectivity index (χ1v) is 7.59. The van der Waals surface area contributed by atoms with Crippen molar-refractivity contribution in [3.8, 4) is 11.3 Å². The molecule has 4 rings (SSSR count). The minimum absolute atomic E-state index is 0.00178. The van der Waals surface area contributed by atoms with Gasteiger partial charge >= 0.3 is 0 Å². The zero-order chi connectivity index (χ0) is 14.4. The predicted octanol–water partition coefficient (Wildman–Crippen LogP) is 3.31. The summed E-state index contributed by atoms with van der Waals surface area (Å²) < 4.78 is 0. The topological polar surface area (TPSA) is 49.0 Å². The molecule has 1 atom stereocenters. The number of nitrogens with one attached hydrogen (secondary N) is 1. The fraction of sp³-hybridized carbons (Fsp3) is 0.125. The maximum atomic E-state index is 12.4. The van der Waals surface area contributed by atoms with Crippen molar-refractivity contribution in [1.82, 2.24) is 15.1 Å². The zero-order valence-corrected chi connectivity index (χ0v) is 12.2. The molecule has 3 heterocycles. The lowest BCUT2D eigenvalue weighted by atomic mass is 10.0. The summed E-state index contributed by atoms with van der Waals surface area (Å²) in [5.74, 6) is -0.00178. The second-order valence-corrected chi connectivity index (χ2v) is 6.04. The number of nitrogens with zero attached hydrogens (tertiary/aromatic N) is 2. The van der Waals surface area contributed by atoms with E-state index in [-0.39, 0.29) is 11.9 Å². The number of carbonyl (C=O) groups excluding carboxylic acids is 1. The van der Waals surface area contributed by atoms with Gasteiger partial charge in [0.1, 0.15) is 5.69 Å². The number of H-pyrrole nitrogens is 1. The van der Waals surface area contributed by atoms with E-state index < -0.39 is 0 Å². The highest BCUT2D eigenvalue weighted by Crippen LogP contribution is 2.42. The van der Waals surface area contributed by atoms with Gasteiger partial charge in [-0.1, -0.05) is 36.4 Å². The average molecular weight is 295 g/mol. The smallest absolute Gasteiger partial charge is 0.272 e. The van der Waals surface area contributed by atoms with Crippen LogP contribution < -0.4 is 0 Å². The number of hydrogen-bond acceptors (Lipinski definition) is 3. The van der Waals surface area contributed by atoms with Crippen LogP contribution >= 0.6 is 11.3 Å². The molecule has 3 aromatic rings. The van der Waals surface area contributed by atoms with Crippen molar-refractivity contribution in [2.45, 2.75) is 6.04 Å². The number of rotatable bonds is 2. The van der Waals surface area contributed by atoms with Gasteiger partial charge in [0.25, 0.3) is 5.91 Å². The normalized spacial score (nSPS) is 17.3. The third-order valence-electron chi connectivity index (χ3n) is 3.86. The molecule has 1 N–H and O–H groups in total. The summed E-state index contributed by atoms with van der Waals surface area (Å²) in [6, 6.07) is 14.0. The molecule has 0 fully saturated rings. The largest absolute Gasteiger partial charge is 0.328 e. The molecular weight excluding hydrogens is 282 g/mol. The summed E-state index contributed by atoms with van der Waals surface area (Å²) in [5.41, 5.74) is 3.48. The van der Waals surface area contributed by atoms with E-state index in [1.165, 1.54) is 0 Å². The van der Waals surface area contributed by atoms with E-state index in [2.05, 4.69) is 16.3 Å². The number of fused-ring (bicyclic) bond motifs is 1. The van der Waals surface area contributed by atoms with Crippen LogP contribution in [-0.4, -0.2) is 28.1 Å². The molecule has 2 aromatic heterocycles. The van der Waals surface area contributed by atoms with E-state index >= 15 is 0 Å². The molecule has 0 unspecified atom stereocenters. The number of amides is 1. The number of aromatic amines is 1. The highest BCUT2D eigenvalue weighted by atomic mass is 32.1. The molecule has 0 bridgehead atoms. The van der Waals surface area contributed by atoms with Gasteiger partial charge in [-0.2, -0.15) is 5.10 Å². The molecule has 1 aliphatic rings. The van der Waals surface area contributed by atoms with Gasteiger partial charge in [-0.3, -0.25) is 9.89 Å². The molecule has 4 nitrogen and oxygen atoms in total. The van der Waals surface area contributed by atoms with E-state index in [0.29, 0.717) is 5.69 Å². The Labute approximate surface area is 126 Å². The molecular formula is C16H13N3OS. The summed E-state index contributed by atoms with van der Waals surface area (Å²) >= 11 is 1.66. The third kappa shape index (κ3) is 1.74. The molecule has 21 heavy (non-hydrogen) atoms. The Morgan fingerprint density at radius 3 is 2.71 bits per heavy atom. The van der Waals surface area contributed by atoms with Crippen LogP contribution in [0.3, 0.4) is 0 Å². The molecule has 0 saturated heterocycles. The molecule has 0 radical (unpaired) electrons. The molecule has 1 amide bonds. The number of benzene rings is 1. The molecule has 0 saturated carbocycles. The first kappa shape index (κ1) is 12.3. The lowest BCUT2D eigenvalue weighted by molar-refractivity contribution is 0.0789. The SMILES string of the molecule is CN1C(=O)c2[nH]nc(-c3ccccc3)c2[C@H]1c1cccs1. The first-order chi connectivity index (χ1) is 10.3. The maximum absolute atomic E-state index is 12.4. The Hall–Kier alpha value is -2.40. The molecule has 1 aliphatic heterocycles. The van der Waals surface area contributed by atoms with Gasteiger partial charge < -0.3 is 4.90 Å². The second-order valence-electron chi connectivity index (χ2n) is 5.06. The van der Waals surface area contributed by atoms with Crippen molar-refractivity contribution in [1.29, 1.82) is 0 Å².